The first-order valence-corrected chi connectivity index (χ1v) is 10.6. The van der Waals surface area contributed by atoms with Gasteiger partial charge in [-0.15, -0.1) is 0 Å². The molecule has 0 fully saturated rings. The van der Waals surface area contributed by atoms with E-state index in [4.69, 9.17) is 44.1 Å². The van der Waals surface area contributed by atoms with E-state index in [1.807, 2.05) is 31.1 Å². The molecule has 0 saturated heterocycles. The molecule has 7 nitrogen and oxygen atoms in total. The number of nitrogens with two attached hydrogens (primary N) is 2. The summed E-state index contributed by atoms with van der Waals surface area (Å²) in [4.78, 5) is 18.5. The highest BCUT2D eigenvalue weighted by atomic mass is 35.5. The summed E-state index contributed by atoms with van der Waals surface area (Å²) in [6, 6.07) is 13.7. The molecule has 0 aliphatic rings. The van der Waals surface area contributed by atoms with Crippen molar-refractivity contribution in [2.24, 2.45) is 10.7 Å². The Balaban J connectivity index is 1.96. The van der Waals surface area contributed by atoms with Crippen molar-refractivity contribution in [3.05, 3.63) is 69.7 Å². The summed E-state index contributed by atoms with van der Waals surface area (Å²) in [6.07, 6.45) is 0. The number of carbonyl (C=O) groups excluding carboxylic acids is 1. The fourth-order valence-electron chi connectivity index (χ4n) is 3.23. The Morgan fingerprint density at radius 2 is 1.52 bits per heavy atom. The topological polar surface area (TPSA) is 103 Å². The Bertz CT molecular complexity index is 1200. The number of methoxy groups -OCH3 is 2. The van der Waals surface area contributed by atoms with Crippen molar-refractivity contribution < 1.29 is 14.3 Å². The molecule has 3 rings (SSSR count). The number of amidine groups is 1. The van der Waals surface area contributed by atoms with Crippen LogP contribution in [0.5, 0.6) is 11.5 Å². The van der Waals surface area contributed by atoms with Crippen LogP contribution in [0.3, 0.4) is 0 Å². The summed E-state index contributed by atoms with van der Waals surface area (Å²) in [6.45, 7) is 0. The summed E-state index contributed by atoms with van der Waals surface area (Å²) in [5.41, 5.74) is 15.6. The zero-order valence-corrected chi connectivity index (χ0v) is 20.2. The third kappa shape index (κ3) is 4.99. The highest BCUT2D eigenvalue weighted by Crippen LogP contribution is 2.46. The maximum atomic E-state index is 12.6. The molecular formula is C24H24Cl2N4O3. The van der Waals surface area contributed by atoms with Gasteiger partial charge in [0.25, 0.3) is 5.91 Å². The van der Waals surface area contributed by atoms with Gasteiger partial charge in [-0.1, -0.05) is 29.3 Å². The van der Waals surface area contributed by atoms with E-state index in [0.717, 1.165) is 5.69 Å². The Morgan fingerprint density at radius 3 is 2.00 bits per heavy atom. The standard InChI is InChI=1S/C24H24Cl2N4O3/c1-30(2)15-8-5-13(6-9-15)24(31)29-23(28)16-10-7-14(11-17(16)27)20-21(25)18(32-3)12-19(33-4)22(20)26/h5-12H,27H2,1-4H3,(H2,28,29,31). The Morgan fingerprint density at radius 1 is 0.939 bits per heavy atom. The lowest BCUT2D eigenvalue weighted by Gasteiger charge is -2.16. The van der Waals surface area contributed by atoms with Crippen LogP contribution in [0.1, 0.15) is 15.9 Å². The van der Waals surface area contributed by atoms with Crippen LogP contribution in [-0.2, 0) is 0 Å². The minimum Gasteiger partial charge on any atom is -0.495 e. The molecule has 0 spiro atoms. The highest BCUT2D eigenvalue weighted by molar-refractivity contribution is 6.41. The predicted octanol–water partition coefficient (Wildman–Crippen LogP) is 4.87. The van der Waals surface area contributed by atoms with Crippen LogP contribution < -0.4 is 25.8 Å². The molecule has 0 bridgehead atoms. The van der Waals surface area contributed by atoms with Crippen LogP contribution in [-0.4, -0.2) is 40.1 Å². The molecule has 172 valence electrons. The summed E-state index contributed by atoms with van der Waals surface area (Å²) < 4.78 is 10.6. The number of anilines is 2. The average Bonchev–Trinajstić information content (AvgIpc) is 2.79. The van der Waals surface area contributed by atoms with Crippen molar-refractivity contribution in [3.8, 4) is 22.6 Å². The van der Waals surface area contributed by atoms with Crippen LogP contribution in [0.4, 0.5) is 11.4 Å². The maximum absolute atomic E-state index is 12.6. The molecule has 3 aromatic carbocycles. The monoisotopic (exact) mass is 486 g/mol. The number of ether oxygens (including phenoxy) is 2. The van der Waals surface area contributed by atoms with Gasteiger partial charge in [-0.3, -0.25) is 4.79 Å². The van der Waals surface area contributed by atoms with E-state index in [0.29, 0.717) is 49.5 Å². The number of halogens is 2. The van der Waals surface area contributed by atoms with E-state index in [2.05, 4.69) is 4.99 Å². The molecule has 0 radical (unpaired) electrons. The molecule has 9 heteroatoms. The van der Waals surface area contributed by atoms with Crippen LogP contribution in [0, 0.1) is 0 Å². The lowest BCUT2D eigenvalue weighted by molar-refractivity contribution is 0.100. The second-order valence-corrected chi connectivity index (χ2v) is 8.09. The maximum Gasteiger partial charge on any atom is 0.278 e. The SMILES string of the molecule is COc1cc(OC)c(Cl)c(-c2ccc(C(N)=NC(=O)c3ccc(N(C)C)cc3)c(N)c2)c1Cl. The number of rotatable bonds is 6. The van der Waals surface area contributed by atoms with Gasteiger partial charge in [-0.2, -0.15) is 4.99 Å². The van der Waals surface area contributed by atoms with E-state index < -0.39 is 5.91 Å². The third-order valence-corrected chi connectivity index (χ3v) is 5.79. The molecule has 0 saturated carbocycles. The van der Waals surface area contributed by atoms with Crippen molar-refractivity contribution in [2.75, 3.05) is 38.9 Å². The first kappa shape index (κ1) is 24.2. The molecule has 4 N–H and O–H groups in total. The molecule has 0 unspecified atom stereocenters. The third-order valence-electron chi connectivity index (χ3n) is 5.04. The molecule has 0 heterocycles. The second kappa shape index (κ2) is 10.0. The van der Waals surface area contributed by atoms with Gasteiger partial charge in [-0.25, -0.2) is 0 Å². The minimum atomic E-state index is -0.468. The number of carbonyl (C=O) groups is 1. The van der Waals surface area contributed by atoms with Crippen LogP contribution >= 0.6 is 23.2 Å². The number of nitrogens with zero attached hydrogens (tertiary/aromatic N) is 2. The lowest BCUT2D eigenvalue weighted by Crippen LogP contribution is -2.18. The van der Waals surface area contributed by atoms with Gasteiger partial charge >= 0.3 is 0 Å². The van der Waals surface area contributed by atoms with Crippen molar-refractivity contribution in [3.63, 3.8) is 0 Å². The van der Waals surface area contributed by atoms with E-state index in [1.165, 1.54) is 14.2 Å². The normalized spacial score (nSPS) is 11.3. The van der Waals surface area contributed by atoms with E-state index in [-0.39, 0.29) is 5.84 Å². The zero-order chi connectivity index (χ0) is 24.3. The van der Waals surface area contributed by atoms with E-state index in [9.17, 15) is 4.79 Å². The minimum absolute atomic E-state index is 0.00107. The summed E-state index contributed by atoms with van der Waals surface area (Å²) in [5, 5.41) is 0.627. The van der Waals surface area contributed by atoms with Gasteiger partial charge in [0.05, 0.1) is 24.3 Å². The van der Waals surface area contributed by atoms with Crippen LogP contribution in [0.25, 0.3) is 11.1 Å². The number of hydrogen-bond acceptors (Lipinski definition) is 5. The molecule has 3 aromatic rings. The summed E-state index contributed by atoms with van der Waals surface area (Å²) in [5.74, 6) is 0.344. The number of benzene rings is 3. The van der Waals surface area contributed by atoms with Gasteiger partial charge in [-0.05, 0) is 42.0 Å². The number of hydrogen-bond donors (Lipinski definition) is 2. The van der Waals surface area contributed by atoms with E-state index in [1.54, 1.807) is 36.4 Å². The Kier molecular flexibility index (Phi) is 7.36. The quantitative estimate of drug-likeness (QED) is 0.292. The Labute approximate surface area is 202 Å². The van der Waals surface area contributed by atoms with Gasteiger partial charge < -0.3 is 25.8 Å². The summed E-state index contributed by atoms with van der Waals surface area (Å²) >= 11 is 13.0. The lowest BCUT2D eigenvalue weighted by atomic mass is 10.0. The van der Waals surface area contributed by atoms with Crippen LogP contribution in [0.15, 0.2) is 53.5 Å². The number of amides is 1. The first-order valence-electron chi connectivity index (χ1n) is 9.84. The van der Waals surface area contributed by atoms with Gasteiger partial charge in [0.1, 0.15) is 17.3 Å². The molecule has 1 amide bonds. The predicted molar refractivity (Wildman–Crippen MR) is 135 cm³/mol. The smallest absolute Gasteiger partial charge is 0.278 e. The molecule has 0 aliphatic carbocycles. The highest BCUT2D eigenvalue weighted by Gasteiger charge is 2.20. The van der Waals surface area contributed by atoms with Gasteiger partial charge in [0.2, 0.25) is 0 Å². The molecule has 0 aromatic heterocycles. The number of nitrogen functional groups attached to an aromatic ring is 1. The van der Waals surface area contributed by atoms with Crippen molar-refractivity contribution >= 4 is 46.3 Å². The number of aliphatic imine (C=N–C) groups is 1. The largest absolute Gasteiger partial charge is 0.495 e. The van der Waals surface area contributed by atoms with Crippen molar-refractivity contribution in [1.82, 2.24) is 0 Å². The average molecular weight is 487 g/mol. The molecule has 33 heavy (non-hydrogen) atoms. The van der Waals surface area contributed by atoms with Gasteiger partial charge in [0, 0.05) is 48.2 Å². The fraction of sp³-hybridized carbons (Fsp3) is 0.167. The van der Waals surface area contributed by atoms with Gasteiger partial charge in [0.15, 0.2) is 0 Å². The van der Waals surface area contributed by atoms with Crippen molar-refractivity contribution in [2.45, 2.75) is 0 Å². The Hall–Kier alpha value is -3.42. The molecule has 0 aliphatic heterocycles. The summed E-state index contributed by atoms with van der Waals surface area (Å²) in [7, 11) is 6.83. The second-order valence-electron chi connectivity index (χ2n) is 7.33. The molecule has 0 atom stereocenters. The van der Waals surface area contributed by atoms with Crippen molar-refractivity contribution in [1.29, 1.82) is 0 Å². The fourth-order valence-corrected chi connectivity index (χ4v) is 3.95. The molecular weight excluding hydrogens is 463 g/mol. The zero-order valence-electron chi connectivity index (χ0n) is 18.6. The van der Waals surface area contributed by atoms with Crippen LogP contribution in [0.2, 0.25) is 10.0 Å². The van der Waals surface area contributed by atoms with E-state index >= 15 is 0 Å². The first-order chi connectivity index (χ1) is 15.7.